The predicted molar refractivity (Wildman–Crippen MR) is 83.9 cm³/mol. The standard InChI is InChI=1S/C18H29NO2/c1-13(2)12-21-4-3-19-17(20)11-18-8-14-5-15(9-18)7-16(6-14)10-18/h14-16H,1,3-12H2,2H3,(H,19,20). The van der Waals surface area contributed by atoms with E-state index >= 15 is 0 Å². The van der Waals surface area contributed by atoms with E-state index in [0.717, 1.165) is 29.7 Å². The molecule has 0 saturated heterocycles. The van der Waals surface area contributed by atoms with Crippen LogP contribution >= 0.6 is 0 Å². The van der Waals surface area contributed by atoms with Crippen LogP contribution in [0.4, 0.5) is 0 Å². The van der Waals surface area contributed by atoms with Crippen LogP contribution in [0, 0.1) is 23.2 Å². The van der Waals surface area contributed by atoms with Crippen molar-refractivity contribution < 1.29 is 9.53 Å². The summed E-state index contributed by atoms with van der Waals surface area (Å²) in [4.78, 5) is 12.2. The fraction of sp³-hybridized carbons (Fsp3) is 0.833. The van der Waals surface area contributed by atoms with Crippen molar-refractivity contribution in [2.45, 2.75) is 51.9 Å². The molecule has 0 unspecified atom stereocenters. The van der Waals surface area contributed by atoms with Crippen LogP contribution in [0.25, 0.3) is 0 Å². The molecule has 3 nitrogen and oxygen atoms in total. The van der Waals surface area contributed by atoms with E-state index in [0.29, 0.717) is 25.2 Å². The highest BCUT2D eigenvalue weighted by molar-refractivity contribution is 5.76. The summed E-state index contributed by atoms with van der Waals surface area (Å²) < 4.78 is 5.43. The van der Waals surface area contributed by atoms with Crippen LogP contribution in [0.15, 0.2) is 12.2 Å². The zero-order valence-corrected chi connectivity index (χ0v) is 13.3. The van der Waals surface area contributed by atoms with E-state index < -0.39 is 0 Å². The molecule has 0 heterocycles. The van der Waals surface area contributed by atoms with Gasteiger partial charge in [0.05, 0.1) is 13.2 Å². The van der Waals surface area contributed by atoms with Crippen LogP contribution in [0.2, 0.25) is 0 Å². The average Bonchev–Trinajstić information content (AvgIpc) is 2.35. The van der Waals surface area contributed by atoms with Crippen molar-refractivity contribution in [2.75, 3.05) is 19.8 Å². The molecular weight excluding hydrogens is 262 g/mol. The summed E-state index contributed by atoms with van der Waals surface area (Å²) in [7, 11) is 0. The number of ether oxygens (including phenoxy) is 1. The summed E-state index contributed by atoms with van der Waals surface area (Å²) in [6.45, 7) is 7.54. The van der Waals surface area contributed by atoms with E-state index in [-0.39, 0.29) is 5.91 Å². The topological polar surface area (TPSA) is 38.3 Å². The maximum Gasteiger partial charge on any atom is 0.220 e. The molecule has 0 atom stereocenters. The molecule has 4 aliphatic carbocycles. The minimum absolute atomic E-state index is 0.232. The third kappa shape index (κ3) is 3.68. The van der Waals surface area contributed by atoms with Crippen LogP contribution in [-0.2, 0) is 9.53 Å². The third-order valence-corrected chi connectivity index (χ3v) is 5.62. The first-order valence-corrected chi connectivity index (χ1v) is 8.53. The van der Waals surface area contributed by atoms with Gasteiger partial charge in [-0.05, 0) is 68.6 Å². The molecule has 0 aromatic heterocycles. The smallest absolute Gasteiger partial charge is 0.220 e. The Balaban J connectivity index is 1.41. The number of carbonyl (C=O) groups excluding carboxylic acids is 1. The normalized spacial score (nSPS) is 36.7. The molecule has 0 radical (unpaired) electrons. The van der Waals surface area contributed by atoms with Crippen LogP contribution in [0.3, 0.4) is 0 Å². The second kappa shape index (κ2) is 6.12. The van der Waals surface area contributed by atoms with Crippen molar-refractivity contribution in [3.8, 4) is 0 Å². The zero-order valence-electron chi connectivity index (χ0n) is 13.3. The first-order chi connectivity index (χ1) is 10.0. The molecule has 1 N–H and O–H groups in total. The van der Waals surface area contributed by atoms with Crippen LogP contribution in [-0.4, -0.2) is 25.7 Å². The average molecular weight is 291 g/mol. The van der Waals surface area contributed by atoms with Crippen molar-refractivity contribution in [2.24, 2.45) is 23.2 Å². The molecule has 1 amide bonds. The van der Waals surface area contributed by atoms with Gasteiger partial charge in [-0.1, -0.05) is 12.2 Å². The molecule has 4 saturated carbocycles. The lowest BCUT2D eigenvalue weighted by Crippen LogP contribution is -2.48. The summed E-state index contributed by atoms with van der Waals surface area (Å²) in [6.07, 6.45) is 8.98. The van der Waals surface area contributed by atoms with E-state index in [1.165, 1.54) is 38.5 Å². The Bertz CT molecular complexity index is 380. The second-order valence-electron chi connectivity index (χ2n) is 7.95. The highest BCUT2D eigenvalue weighted by Crippen LogP contribution is 2.61. The van der Waals surface area contributed by atoms with Gasteiger partial charge in [-0.15, -0.1) is 0 Å². The van der Waals surface area contributed by atoms with Crippen molar-refractivity contribution in [3.05, 3.63) is 12.2 Å². The largest absolute Gasteiger partial charge is 0.375 e. The third-order valence-electron chi connectivity index (χ3n) is 5.62. The molecule has 4 fully saturated rings. The van der Waals surface area contributed by atoms with E-state index in [1.54, 1.807) is 0 Å². The molecule has 0 aliphatic heterocycles. The van der Waals surface area contributed by atoms with Gasteiger partial charge in [0.25, 0.3) is 0 Å². The first kappa shape index (κ1) is 15.1. The van der Waals surface area contributed by atoms with Crippen molar-refractivity contribution in [3.63, 3.8) is 0 Å². The molecule has 0 aromatic rings. The maximum atomic E-state index is 12.2. The second-order valence-corrected chi connectivity index (χ2v) is 7.95. The monoisotopic (exact) mass is 291 g/mol. The Morgan fingerprint density at radius 1 is 1.19 bits per heavy atom. The molecule has 4 bridgehead atoms. The predicted octanol–water partition coefficient (Wildman–Crippen LogP) is 3.30. The highest BCUT2D eigenvalue weighted by Gasteiger charge is 2.51. The fourth-order valence-corrected chi connectivity index (χ4v) is 5.42. The van der Waals surface area contributed by atoms with Gasteiger partial charge in [0.2, 0.25) is 5.91 Å². The fourth-order valence-electron chi connectivity index (χ4n) is 5.42. The van der Waals surface area contributed by atoms with E-state index in [1.807, 2.05) is 6.92 Å². The Morgan fingerprint density at radius 2 is 1.76 bits per heavy atom. The van der Waals surface area contributed by atoms with Gasteiger partial charge < -0.3 is 10.1 Å². The minimum Gasteiger partial charge on any atom is -0.375 e. The number of rotatable bonds is 7. The van der Waals surface area contributed by atoms with Crippen LogP contribution in [0.1, 0.15) is 51.9 Å². The SMILES string of the molecule is C=C(C)COCCNC(=O)CC12CC3CC(CC(C3)C1)C2. The molecule has 21 heavy (non-hydrogen) atoms. The number of amides is 1. The minimum atomic E-state index is 0.232. The van der Waals surface area contributed by atoms with Gasteiger partial charge in [-0.25, -0.2) is 0 Å². The molecule has 4 rings (SSSR count). The summed E-state index contributed by atoms with van der Waals surface area (Å²) in [5.74, 6) is 2.99. The number of carbonyl (C=O) groups is 1. The summed E-state index contributed by atoms with van der Waals surface area (Å²) in [5.41, 5.74) is 1.37. The Kier molecular flexibility index (Phi) is 4.39. The van der Waals surface area contributed by atoms with Crippen molar-refractivity contribution in [1.29, 1.82) is 0 Å². The van der Waals surface area contributed by atoms with Gasteiger partial charge >= 0.3 is 0 Å². The first-order valence-electron chi connectivity index (χ1n) is 8.53. The lowest BCUT2D eigenvalue weighted by atomic mass is 9.49. The van der Waals surface area contributed by atoms with E-state index in [4.69, 9.17) is 4.74 Å². The quantitative estimate of drug-likeness (QED) is 0.577. The molecular formula is C18H29NO2. The molecule has 118 valence electrons. The molecule has 0 spiro atoms. The van der Waals surface area contributed by atoms with Crippen molar-refractivity contribution >= 4 is 5.91 Å². The van der Waals surface area contributed by atoms with Crippen molar-refractivity contribution in [1.82, 2.24) is 5.32 Å². The Hall–Kier alpha value is -0.830. The van der Waals surface area contributed by atoms with Crippen LogP contribution in [0.5, 0.6) is 0 Å². The number of nitrogens with one attached hydrogen (secondary N) is 1. The van der Waals surface area contributed by atoms with Gasteiger partial charge in [0, 0.05) is 13.0 Å². The summed E-state index contributed by atoms with van der Waals surface area (Å²) in [6, 6.07) is 0. The lowest BCUT2D eigenvalue weighted by Gasteiger charge is -2.56. The van der Waals surface area contributed by atoms with E-state index in [9.17, 15) is 4.79 Å². The number of hydrogen-bond donors (Lipinski definition) is 1. The summed E-state index contributed by atoms with van der Waals surface area (Å²) >= 11 is 0. The Labute approximate surface area is 128 Å². The van der Waals surface area contributed by atoms with Gasteiger partial charge in [-0.3, -0.25) is 4.79 Å². The Morgan fingerprint density at radius 3 is 2.29 bits per heavy atom. The van der Waals surface area contributed by atoms with Crippen LogP contribution < -0.4 is 5.32 Å². The summed E-state index contributed by atoms with van der Waals surface area (Å²) in [5, 5.41) is 3.04. The van der Waals surface area contributed by atoms with Gasteiger partial charge in [0.1, 0.15) is 0 Å². The molecule has 3 heteroatoms. The highest BCUT2D eigenvalue weighted by atomic mass is 16.5. The molecule has 4 aliphatic rings. The van der Waals surface area contributed by atoms with Gasteiger partial charge in [0.15, 0.2) is 0 Å². The lowest BCUT2D eigenvalue weighted by molar-refractivity contribution is -0.129. The maximum absolute atomic E-state index is 12.2. The molecule has 0 aromatic carbocycles. The zero-order chi connectivity index (χ0) is 14.9. The number of hydrogen-bond acceptors (Lipinski definition) is 2. The van der Waals surface area contributed by atoms with Gasteiger partial charge in [-0.2, -0.15) is 0 Å². The van der Waals surface area contributed by atoms with E-state index in [2.05, 4.69) is 11.9 Å².